The van der Waals surface area contributed by atoms with Crippen molar-refractivity contribution in [3.63, 3.8) is 0 Å². The molecular weight excluding hydrogens is 271 g/mol. The van der Waals surface area contributed by atoms with E-state index in [0.717, 1.165) is 25.2 Å². The van der Waals surface area contributed by atoms with Gasteiger partial charge < -0.3 is 14.8 Å². The first-order chi connectivity index (χ1) is 9.50. The van der Waals surface area contributed by atoms with Gasteiger partial charge in [-0.2, -0.15) is 13.2 Å². The van der Waals surface area contributed by atoms with Gasteiger partial charge in [-0.1, -0.05) is 0 Å². The van der Waals surface area contributed by atoms with Crippen LogP contribution in [0.15, 0.2) is 18.2 Å². The molecule has 0 bridgehead atoms. The third-order valence-electron chi connectivity index (χ3n) is 4.19. The molecule has 0 spiro atoms. The average molecular weight is 287 g/mol. The molecule has 1 aliphatic heterocycles. The fraction of sp³-hybridized carbons (Fsp3) is 0.571. The van der Waals surface area contributed by atoms with Gasteiger partial charge >= 0.3 is 6.18 Å². The summed E-state index contributed by atoms with van der Waals surface area (Å²) in [7, 11) is 1.35. The number of piperidine rings is 1. The molecule has 110 valence electrons. The number of hydrogen-bond donors (Lipinski definition) is 1. The second-order valence-electron chi connectivity index (χ2n) is 5.32. The lowest BCUT2D eigenvalue weighted by Gasteiger charge is -2.14. The van der Waals surface area contributed by atoms with Crippen LogP contribution in [-0.2, 0) is 6.18 Å². The maximum absolute atomic E-state index is 12.6. The van der Waals surface area contributed by atoms with E-state index in [1.165, 1.54) is 13.2 Å². The average Bonchev–Trinajstić information content (AvgIpc) is 2.83. The van der Waals surface area contributed by atoms with Crippen molar-refractivity contribution in [2.45, 2.75) is 6.18 Å². The summed E-state index contributed by atoms with van der Waals surface area (Å²) in [6.07, 6.45) is -4.37. The van der Waals surface area contributed by atoms with Crippen molar-refractivity contribution in [2.75, 3.05) is 26.8 Å². The van der Waals surface area contributed by atoms with E-state index in [2.05, 4.69) is 5.32 Å². The monoisotopic (exact) mass is 287 g/mol. The number of fused-ring (bicyclic) bond motifs is 1. The SMILES string of the molecule is COc1cc(C(F)(F)F)ccc1OCC1[C@H]2CNC[C@@H]12. The van der Waals surface area contributed by atoms with Gasteiger partial charge in [-0.25, -0.2) is 0 Å². The minimum Gasteiger partial charge on any atom is -0.493 e. The molecule has 1 unspecified atom stereocenters. The normalized spacial score (nSPS) is 28.1. The standard InChI is InChI=1S/C14H16F3NO2/c1-19-13-4-8(14(15,16)17)2-3-12(13)20-7-11-9-5-18-6-10(9)11/h2-4,9-11,18H,5-7H2,1H3/t9-,10+,11?. The number of hydrogen-bond acceptors (Lipinski definition) is 3. The fourth-order valence-corrected chi connectivity index (χ4v) is 2.94. The minimum absolute atomic E-state index is 0.128. The van der Waals surface area contributed by atoms with Gasteiger partial charge in [0, 0.05) is 5.92 Å². The molecule has 1 saturated heterocycles. The second-order valence-corrected chi connectivity index (χ2v) is 5.32. The fourth-order valence-electron chi connectivity index (χ4n) is 2.94. The van der Waals surface area contributed by atoms with Crippen molar-refractivity contribution in [1.29, 1.82) is 0 Å². The molecule has 0 amide bonds. The van der Waals surface area contributed by atoms with Crippen LogP contribution in [0.3, 0.4) is 0 Å². The summed E-state index contributed by atoms with van der Waals surface area (Å²) >= 11 is 0. The Morgan fingerprint density at radius 1 is 1.20 bits per heavy atom. The van der Waals surface area contributed by atoms with Crippen LogP contribution in [0.1, 0.15) is 5.56 Å². The summed E-state index contributed by atoms with van der Waals surface area (Å²) in [5, 5.41) is 3.29. The van der Waals surface area contributed by atoms with Crippen LogP contribution < -0.4 is 14.8 Å². The molecule has 1 aromatic rings. The van der Waals surface area contributed by atoms with Crippen LogP contribution in [0, 0.1) is 17.8 Å². The Balaban J connectivity index is 1.67. The molecule has 2 aliphatic rings. The highest BCUT2D eigenvalue weighted by atomic mass is 19.4. The summed E-state index contributed by atoms with van der Waals surface area (Å²) in [5.74, 6) is 2.34. The summed E-state index contributed by atoms with van der Waals surface area (Å²) in [5.41, 5.74) is -0.728. The molecule has 20 heavy (non-hydrogen) atoms. The molecule has 1 N–H and O–H groups in total. The van der Waals surface area contributed by atoms with Gasteiger partial charge in [-0.15, -0.1) is 0 Å². The van der Waals surface area contributed by atoms with Crippen LogP contribution in [-0.4, -0.2) is 26.8 Å². The Hall–Kier alpha value is -1.43. The predicted molar refractivity (Wildman–Crippen MR) is 66.8 cm³/mol. The van der Waals surface area contributed by atoms with Crippen LogP contribution in [0.4, 0.5) is 13.2 Å². The van der Waals surface area contributed by atoms with Crippen molar-refractivity contribution in [2.24, 2.45) is 17.8 Å². The van der Waals surface area contributed by atoms with Gasteiger partial charge in [0.25, 0.3) is 0 Å². The number of benzene rings is 1. The molecule has 0 aromatic heterocycles. The first-order valence-corrected chi connectivity index (χ1v) is 6.59. The van der Waals surface area contributed by atoms with E-state index in [0.29, 0.717) is 30.1 Å². The lowest BCUT2D eigenvalue weighted by Crippen LogP contribution is -2.17. The Morgan fingerprint density at radius 2 is 1.90 bits per heavy atom. The van der Waals surface area contributed by atoms with Gasteiger partial charge in [0.2, 0.25) is 0 Å². The molecule has 3 nitrogen and oxygen atoms in total. The van der Waals surface area contributed by atoms with Crippen LogP contribution in [0.5, 0.6) is 11.5 Å². The summed E-state index contributed by atoms with van der Waals surface area (Å²) in [4.78, 5) is 0. The maximum Gasteiger partial charge on any atom is 0.416 e. The first-order valence-electron chi connectivity index (χ1n) is 6.59. The minimum atomic E-state index is -4.37. The van der Waals surface area contributed by atoms with Crippen LogP contribution in [0.2, 0.25) is 0 Å². The van der Waals surface area contributed by atoms with E-state index in [4.69, 9.17) is 9.47 Å². The van der Waals surface area contributed by atoms with Gasteiger partial charge in [-0.3, -0.25) is 0 Å². The molecule has 6 heteroatoms. The highest BCUT2D eigenvalue weighted by Crippen LogP contribution is 2.49. The molecule has 3 atom stereocenters. The lowest BCUT2D eigenvalue weighted by atomic mass is 10.2. The van der Waals surface area contributed by atoms with E-state index in [-0.39, 0.29) is 5.75 Å². The Bertz CT molecular complexity index is 494. The predicted octanol–water partition coefficient (Wildman–Crippen LogP) is 2.56. The number of methoxy groups -OCH3 is 1. The van der Waals surface area contributed by atoms with E-state index >= 15 is 0 Å². The first kappa shape index (κ1) is 13.5. The highest BCUT2D eigenvalue weighted by Gasteiger charge is 2.53. The zero-order valence-electron chi connectivity index (χ0n) is 11.0. The summed E-state index contributed by atoms with van der Waals surface area (Å²) in [6.45, 7) is 2.57. The largest absolute Gasteiger partial charge is 0.493 e. The summed E-state index contributed by atoms with van der Waals surface area (Å²) in [6, 6.07) is 3.33. The second kappa shape index (κ2) is 4.84. The zero-order chi connectivity index (χ0) is 14.3. The molecule has 1 aromatic carbocycles. The molecule has 1 saturated carbocycles. The third kappa shape index (κ3) is 2.44. The number of rotatable bonds is 4. The van der Waals surface area contributed by atoms with E-state index < -0.39 is 11.7 Å². The Labute approximate surface area is 115 Å². The molecule has 2 fully saturated rings. The molecule has 3 rings (SSSR count). The quantitative estimate of drug-likeness (QED) is 0.923. The molecule has 1 heterocycles. The molecular formula is C14H16F3NO2. The van der Waals surface area contributed by atoms with Gasteiger partial charge in [0.15, 0.2) is 11.5 Å². The Morgan fingerprint density at radius 3 is 2.50 bits per heavy atom. The van der Waals surface area contributed by atoms with Crippen molar-refractivity contribution < 1.29 is 22.6 Å². The van der Waals surface area contributed by atoms with E-state index in [9.17, 15) is 13.2 Å². The third-order valence-corrected chi connectivity index (χ3v) is 4.19. The zero-order valence-corrected chi connectivity index (χ0v) is 11.0. The number of halogens is 3. The van der Waals surface area contributed by atoms with Crippen molar-refractivity contribution in [3.8, 4) is 11.5 Å². The van der Waals surface area contributed by atoms with Crippen molar-refractivity contribution in [3.05, 3.63) is 23.8 Å². The number of alkyl halides is 3. The topological polar surface area (TPSA) is 30.5 Å². The number of ether oxygens (including phenoxy) is 2. The van der Waals surface area contributed by atoms with E-state index in [1.807, 2.05) is 0 Å². The van der Waals surface area contributed by atoms with Crippen LogP contribution >= 0.6 is 0 Å². The number of nitrogens with one attached hydrogen (secondary N) is 1. The highest BCUT2D eigenvalue weighted by molar-refractivity contribution is 5.43. The van der Waals surface area contributed by atoms with Crippen molar-refractivity contribution >= 4 is 0 Å². The molecule has 1 aliphatic carbocycles. The van der Waals surface area contributed by atoms with Gasteiger partial charge in [-0.05, 0) is 43.1 Å². The van der Waals surface area contributed by atoms with Gasteiger partial charge in [0.1, 0.15) is 0 Å². The smallest absolute Gasteiger partial charge is 0.416 e. The maximum atomic E-state index is 12.6. The van der Waals surface area contributed by atoms with E-state index in [1.54, 1.807) is 0 Å². The van der Waals surface area contributed by atoms with Gasteiger partial charge in [0.05, 0.1) is 19.3 Å². The lowest BCUT2D eigenvalue weighted by molar-refractivity contribution is -0.137. The van der Waals surface area contributed by atoms with Crippen molar-refractivity contribution in [1.82, 2.24) is 5.32 Å². The molecule has 0 radical (unpaired) electrons. The Kier molecular flexibility index (Phi) is 3.28. The summed E-state index contributed by atoms with van der Waals surface area (Å²) < 4.78 is 48.5. The van der Waals surface area contributed by atoms with Crippen LogP contribution in [0.25, 0.3) is 0 Å².